The number of nitrogens with one attached hydrogen (secondary N) is 1. The van der Waals surface area contributed by atoms with Gasteiger partial charge in [-0.2, -0.15) is 0 Å². The van der Waals surface area contributed by atoms with Gasteiger partial charge in [0.15, 0.2) is 0 Å². The Labute approximate surface area is 123 Å². The lowest BCUT2D eigenvalue weighted by Gasteiger charge is -2.45. The van der Waals surface area contributed by atoms with Crippen molar-refractivity contribution in [3.8, 4) is 0 Å². The van der Waals surface area contributed by atoms with E-state index in [9.17, 15) is 4.79 Å². The van der Waals surface area contributed by atoms with Gasteiger partial charge in [-0.25, -0.2) is 0 Å². The molecule has 1 saturated heterocycles. The van der Waals surface area contributed by atoms with Gasteiger partial charge in [0.1, 0.15) is 6.04 Å². The van der Waals surface area contributed by atoms with Crippen molar-refractivity contribution < 1.29 is 9.53 Å². The van der Waals surface area contributed by atoms with E-state index in [-0.39, 0.29) is 12.0 Å². The summed E-state index contributed by atoms with van der Waals surface area (Å²) in [6, 6.07) is 0.536. The van der Waals surface area contributed by atoms with Crippen molar-refractivity contribution in [3.05, 3.63) is 0 Å². The highest BCUT2D eigenvalue weighted by Gasteiger charge is 2.35. The van der Waals surface area contributed by atoms with Crippen LogP contribution in [0.25, 0.3) is 0 Å². The molecule has 0 aromatic rings. The number of carbonyl (C=O) groups is 1. The molecular formula is C16H30N2O2. The van der Waals surface area contributed by atoms with Crippen molar-refractivity contribution in [1.29, 1.82) is 0 Å². The maximum atomic E-state index is 11.9. The number of carbonyl (C=O) groups excluding carboxylic acids is 1. The average Bonchev–Trinajstić information content (AvgIpc) is 2.50. The van der Waals surface area contributed by atoms with Gasteiger partial charge in [0.25, 0.3) is 0 Å². The normalized spacial score (nSPS) is 28.7. The summed E-state index contributed by atoms with van der Waals surface area (Å²) in [4.78, 5) is 14.5. The van der Waals surface area contributed by atoms with Crippen LogP contribution < -0.4 is 5.32 Å². The maximum absolute atomic E-state index is 11.9. The molecule has 2 aliphatic rings. The largest absolute Gasteiger partial charge is 0.468 e. The van der Waals surface area contributed by atoms with Gasteiger partial charge in [0, 0.05) is 12.6 Å². The molecule has 2 rings (SSSR count). The molecule has 4 heteroatoms. The monoisotopic (exact) mass is 282 g/mol. The van der Waals surface area contributed by atoms with Crippen molar-refractivity contribution in [2.45, 2.75) is 64.0 Å². The standard InChI is InChI=1S/C16H30N2O2/c1-3-10-17-14(16(19)20-2)12-18-11-6-8-13-7-4-5-9-15(13)18/h13-15,17H,3-12H2,1-2H3/t13-,14?,15-/m1/s1. The van der Waals surface area contributed by atoms with Gasteiger partial charge in [-0.1, -0.05) is 19.8 Å². The smallest absolute Gasteiger partial charge is 0.324 e. The molecule has 0 aromatic carbocycles. The molecule has 0 amide bonds. The van der Waals surface area contributed by atoms with Gasteiger partial charge in [0.05, 0.1) is 7.11 Å². The fourth-order valence-corrected chi connectivity index (χ4v) is 3.87. The van der Waals surface area contributed by atoms with E-state index in [1.54, 1.807) is 0 Å². The zero-order valence-electron chi connectivity index (χ0n) is 13.1. The number of methoxy groups -OCH3 is 1. The fourth-order valence-electron chi connectivity index (χ4n) is 3.87. The van der Waals surface area contributed by atoms with E-state index in [0.717, 1.165) is 32.0 Å². The Hall–Kier alpha value is -0.610. The molecule has 1 saturated carbocycles. The van der Waals surface area contributed by atoms with E-state index in [2.05, 4.69) is 17.1 Å². The molecule has 4 nitrogen and oxygen atoms in total. The number of piperidine rings is 1. The summed E-state index contributed by atoms with van der Waals surface area (Å²) in [5.41, 5.74) is 0. The van der Waals surface area contributed by atoms with Gasteiger partial charge in [-0.3, -0.25) is 9.69 Å². The minimum atomic E-state index is -0.166. The second kappa shape index (κ2) is 7.99. The quantitative estimate of drug-likeness (QED) is 0.758. The third-order valence-corrected chi connectivity index (χ3v) is 4.90. The minimum absolute atomic E-state index is 0.114. The molecule has 116 valence electrons. The van der Waals surface area contributed by atoms with E-state index < -0.39 is 0 Å². The van der Waals surface area contributed by atoms with Gasteiger partial charge in [-0.05, 0) is 51.1 Å². The van der Waals surface area contributed by atoms with Crippen molar-refractivity contribution in [1.82, 2.24) is 10.2 Å². The summed E-state index contributed by atoms with van der Waals surface area (Å²) >= 11 is 0. The summed E-state index contributed by atoms with van der Waals surface area (Å²) in [7, 11) is 1.49. The van der Waals surface area contributed by atoms with Crippen molar-refractivity contribution >= 4 is 5.97 Å². The van der Waals surface area contributed by atoms with E-state index in [1.165, 1.54) is 45.6 Å². The Bertz CT molecular complexity index is 307. The number of fused-ring (bicyclic) bond motifs is 1. The van der Waals surface area contributed by atoms with Crippen LogP contribution in [0.3, 0.4) is 0 Å². The van der Waals surface area contributed by atoms with Gasteiger partial charge in [0.2, 0.25) is 0 Å². The van der Waals surface area contributed by atoms with Crippen molar-refractivity contribution in [2.75, 3.05) is 26.7 Å². The molecule has 0 radical (unpaired) electrons. The predicted molar refractivity (Wildman–Crippen MR) is 80.7 cm³/mol. The summed E-state index contributed by atoms with van der Waals surface area (Å²) in [5, 5.41) is 3.35. The Morgan fingerprint density at radius 3 is 2.80 bits per heavy atom. The maximum Gasteiger partial charge on any atom is 0.324 e. The highest BCUT2D eigenvalue weighted by Crippen LogP contribution is 2.35. The molecule has 0 aromatic heterocycles. The van der Waals surface area contributed by atoms with Crippen LogP contribution in [-0.4, -0.2) is 49.7 Å². The molecule has 0 spiro atoms. The summed E-state index contributed by atoms with van der Waals surface area (Å²) in [5.74, 6) is 0.748. The Kier molecular flexibility index (Phi) is 6.30. The van der Waals surface area contributed by atoms with E-state index >= 15 is 0 Å². The van der Waals surface area contributed by atoms with E-state index in [1.807, 2.05) is 0 Å². The molecule has 1 heterocycles. The second-order valence-electron chi connectivity index (χ2n) is 6.28. The SMILES string of the molecule is CCCNC(CN1CCC[C@H]2CCCC[C@H]21)C(=O)OC. The molecule has 1 unspecified atom stereocenters. The number of esters is 1. The molecule has 3 atom stereocenters. The molecular weight excluding hydrogens is 252 g/mol. The van der Waals surface area contributed by atoms with E-state index in [4.69, 9.17) is 4.74 Å². The van der Waals surface area contributed by atoms with Crippen molar-refractivity contribution in [2.24, 2.45) is 5.92 Å². The Morgan fingerprint density at radius 1 is 1.30 bits per heavy atom. The third kappa shape index (κ3) is 3.95. The third-order valence-electron chi connectivity index (χ3n) is 4.90. The van der Waals surface area contributed by atoms with Gasteiger partial charge in [-0.15, -0.1) is 0 Å². The molecule has 1 aliphatic carbocycles. The molecule has 20 heavy (non-hydrogen) atoms. The van der Waals surface area contributed by atoms with E-state index in [0.29, 0.717) is 6.04 Å². The fraction of sp³-hybridized carbons (Fsp3) is 0.938. The lowest BCUT2D eigenvalue weighted by Crippen LogP contribution is -2.54. The Balaban J connectivity index is 1.94. The molecule has 1 N–H and O–H groups in total. The molecule has 2 fully saturated rings. The van der Waals surface area contributed by atoms with Gasteiger partial charge < -0.3 is 10.1 Å². The van der Waals surface area contributed by atoms with Crippen molar-refractivity contribution in [3.63, 3.8) is 0 Å². The highest BCUT2D eigenvalue weighted by molar-refractivity contribution is 5.75. The first-order valence-corrected chi connectivity index (χ1v) is 8.31. The van der Waals surface area contributed by atoms with Crippen LogP contribution >= 0.6 is 0 Å². The average molecular weight is 282 g/mol. The summed E-state index contributed by atoms with van der Waals surface area (Å²) in [6.45, 7) is 4.96. The first kappa shape index (κ1) is 15.8. The van der Waals surface area contributed by atoms with Crippen LogP contribution in [0.4, 0.5) is 0 Å². The van der Waals surface area contributed by atoms with Crippen LogP contribution in [-0.2, 0) is 9.53 Å². The van der Waals surface area contributed by atoms with Crippen LogP contribution in [0.5, 0.6) is 0 Å². The topological polar surface area (TPSA) is 41.6 Å². The number of nitrogens with zero attached hydrogens (tertiary/aromatic N) is 1. The number of hydrogen-bond acceptors (Lipinski definition) is 4. The number of rotatable bonds is 6. The number of hydrogen-bond donors (Lipinski definition) is 1. The highest BCUT2D eigenvalue weighted by atomic mass is 16.5. The lowest BCUT2D eigenvalue weighted by molar-refractivity contribution is -0.144. The summed E-state index contributed by atoms with van der Waals surface area (Å²) in [6.07, 6.45) is 9.14. The zero-order valence-corrected chi connectivity index (χ0v) is 13.1. The predicted octanol–water partition coefficient (Wildman–Crippen LogP) is 2.18. The number of ether oxygens (including phenoxy) is 1. The van der Waals surface area contributed by atoms with Crippen LogP contribution in [0.1, 0.15) is 51.9 Å². The zero-order chi connectivity index (χ0) is 14.4. The van der Waals surface area contributed by atoms with Crippen LogP contribution in [0.15, 0.2) is 0 Å². The molecule has 0 bridgehead atoms. The molecule has 1 aliphatic heterocycles. The van der Waals surface area contributed by atoms with Gasteiger partial charge >= 0.3 is 5.97 Å². The first-order valence-electron chi connectivity index (χ1n) is 8.31. The summed E-state index contributed by atoms with van der Waals surface area (Å²) < 4.78 is 4.96. The minimum Gasteiger partial charge on any atom is -0.468 e. The van der Waals surface area contributed by atoms with Crippen LogP contribution in [0.2, 0.25) is 0 Å². The second-order valence-corrected chi connectivity index (χ2v) is 6.28. The number of likely N-dealkylation sites (tertiary alicyclic amines) is 1. The Morgan fingerprint density at radius 2 is 2.05 bits per heavy atom. The van der Waals surface area contributed by atoms with Crippen LogP contribution in [0, 0.1) is 5.92 Å². The first-order chi connectivity index (χ1) is 9.76. The lowest BCUT2D eigenvalue weighted by atomic mass is 9.78.